The highest BCUT2D eigenvalue weighted by Gasteiger charge is 2.24. The van der Waals surface area contributed by atoms with E-state index < -0.39 is 23.8 Å². The van der Waals surface area contributed by atoms with Gasteiger partial charge >= 0.3 is 6.09 Å². The second kappa shape index (κ2) is 8.02. The van der Waals surface area contributed by atoms with Gasteiger partial charge in [0.15, 0.2) is 0 Å². The lowest BCUT2D eigenvalue weighted by atomic mass is 10.0. The summed E-state index contributed by atoms with van der Waals surface area (Å²) in [6.07, 6.45) is -1.11. The van der Waals surface area contributed by atoms with Gasteiger partial charge in [0, 0.05) is 0 Å². The third-order valence-corrected chi connectivity index (χ3v) is 3.18. The van der Waals surface area contributed by atoms with Crippen LogP contribution in [-0.4, -0.2) is 34.8 Å². The molecule has 6 heteroatoms. The van der Waals surface area contributed by atoms with E-state index in [0.29, 0.717) is 12.0 Å². The lowest BCUT2D eigenvalue weighted by Crippen LogP contribution is -2.47. The Bertz CT molecular complexity index is 532. The first-order chi connectivity index (χ1) is 10.2. The summed E-state index contributed by atoms with van der Waals surface area (Å²) < 4.78 is 5.19. The molecule has 0 saturated carbocycles. The summed E-state index contributed by atoms with van der Waals surface area (Å²) in [4.78, 5) is 11.8. The average molecular weight is 325 g/mol. The molecule has 0 saturated heterocycles. The maximum atomic E-state index is 11.8. The molecule has 0 unspecified atom stereocenters. The van der Waals surface area contributed by atoms with Gasteiger partial charge in [-0.2, -0.15) is 5.26 Å². The van der Waals surface area contributed by atoms with Crippen LogP contribution in [0.15, 0.2) is 24.3 Å². The number of nitrogens with zero attached hydrogens (tertiary/aromatic N) is 1. The van der Waals surface area contributed by atoms with Crippen LogP contribution in [0.3, 0.4) is 0 Å². The van der Waals surface area contributed by atoms with Gasteiger partial charge in [-0.15, -0.1) is 11.6 Å². The molecule has 0 aromatic heterocycles. The molecule has 0 radical (unpaired) electrons. The van der Waals surface area contributed by atoms with Gasteiger partial charge in [0.1, 0.15) is 5.60 Å². The van der Waals surface area contributed by atoms with Gasteiger partial charge in [0.2, 0.25) is 0 Å². The summed E-state index contributed by atoms with van der Waals surface area (Å²) in [6.45, 7) is 5.29. The molecule has 0 fully saturated rings. The summed E-state index contributed by atoms with van der Waals surface area (Å²) >= 11 is 5.69. The number of hydrogen-bond donors (Lipinski definition) is 2. The van der Waals surface area contributed by atoms with E-state index in [1.54, 1.807) is 45.0 Å². The molecule has 120 valence electrons. The highest BCUT2D eigenvalue weighted by Crippen LogP contribution is 2.12. The summed E-state index contributed by atoms with van der Waals surface area (Å²) in [5, 5.41) is 21.4. The molecular formula is C16H21ClN2O3. The number of benzene rings is 1. The third kappa shape index (κ3) is 6.33. The van der Waals surface area contributed by atoms with Crippen molar-refractivity contribution in [2.24, 2.45) is 0 Å². The van der Waals surface area contributed by atoms with Crippen LogP contribution in [0.5, 0.6) is 0 Å². The predicted molar refractivity (Wildman–Crippen MR) is 84.7 cm³/mol. The number of hydrogen-bond acceptors (Lipinski definition) is 4. The highest BCUT2D eigenvalue weighted by atomic mass is 35.5. The van der Waals surface area contributed by atoms with Crippen molar-refractivity contribution < 1.29 is 14.6 Å². The van der Waals surface area contributed by atoms with Crippen LogP contribution >= 0.6 is 11.6 Å². The average Bonchev–Trinajstić information content (AvgIpc) is 2.44. The molecule has 5 nitrogen and oxygen atoms in total. The number of alkyl halides is 1. The van der Waals surface area contributed by atoms with E-state index in [4.69, 9.17) is 21.6 Å². The molecule has 0 aliphatic rings. The van der Waals surface area contributed by atoms with Crippen LogP contribution in [0.25, 0.3) is 0 Å². The second-order valence-electron chi connectivity index (χ2n) is 5.99. The number of amides is 1. The van der Waals surface area contributed by atoms with Gasteiger partial charge in [0.25, 0.3) is 0 Å². The lowest BCUT2D eigenvalue weighted by molar-refractivity contribution is 0.0440. The van der Waals surface area contributed by atoms with Gasteiger partial charge in [-0.25, -0.2) is 4.79 Å². The fourth-order valence-electron chi connectivity index (χ4n) is 1.82. The first-order valence-corrected chi connectivity index (χ1v) is 7.51. The van der Waals surface area contributed by atoms with Crippen LogP contribution in [0.1, 0.15) is 31.9 Å². The molecular weight excluding hydrogens is 304 g/mol. The highest BCUT2D eigenvalue weighted by molar-refractivity contribution is 6.18. The number of carbonyl (C=O) groups excluding carboxylic acids is 1. The Balaban J connectivity index is 2.76. The Kier molecular flexibility index (Phi) is 6.66. The zero-order chi connectivity index (χ0) is 16.8. The Morgan fingerprint density at radius 1 is 1.41 bits per heavy atom. The van der Waals surface area contributed by atoms with Crippen LogP contribution in [0.4, 0.5) is 4.79 Å². The zero-order valence-corrected chi connectivity index (χ0v) is 13.7. The molecule has 0 bridgehead atoms. The number of alkyl carbamates (subject to hydrolysis) is 1. The van der Waals surface area contributed by atoms with E-state index in [9.17, 15) is 9.90 Å². The molecule has 1 rings (SSSR count). The Morgan fingerprint density at radius 2 is 2.00 bits per heavy atom. The minimum absolute atomic E-state index is 0.00323. The number of halogens is 1. The molecule has 0 aliphatic heterocycles. The normalized spacial score (nSPS) is 13.8. The quantitative estimate of drug-likeness (QED) is 0.816. The summed E-state index contributed by atoms with van der Waals surface area (Å²) in [5.41, 5.74) is 0.817. The molecule has 1 aromatic carbocycles. The van der Waals surface area contributed by atoms with Crippen molar-refractivity contribution >= 4 is 17.7 Å². The molecule has 1 amide bonds. The molecule has 1 aromatic rings. The van der Waals surface area contributed by atoms with E-state index in [0.717, 1.165) is 5.56 Å². The van der Waals surface area contributed by atoms with Gasteiger partial charge in [-0.1, -0.05) is 12.1 Å². The standard InChI is InChI=1S/C16H21ClN2O3/c1-16(2,3)22-15(21)19-13(14(20)9-17)8-11-4-6-12(10-18)7-5-11/h4-7,13-14,20H,8-9H2,1-3H3,(H,19,21)/t13-,14+/m0/s1. The molecule has 2 N–H and O–H groups in total. The lowest BCUT2D eigenvalue weighted by Gasteiger charge is -2.26. The van der Waals surface area contributed by atoms with Crippen LogP contribution in [-0.2, 0) is 11.2 Å². The Labute approximate surface area is 135 Å². The molecule has 22 heavy (non-hydrogen) atoms. The Morgan fingerprint density at radius 3 is 2.45 bits per heavy atom. The molecule has 0 aliphatic carbocycles. The van der Waals surface area contributed by atoms with Crippen LogP contribution < -0.4 is 5.32 Å². The summed E-state index contributed by atoms with van der Waals surface area (Å²) in [6, 6.07) is 8.41. The van der Waals surface area contributed by atoms with E-state index in [2.05, 4.69) is 5.32 Å². The summed E-state index contributed by atoms with van der Waals surface area (Å²) in [5.74, 6) is -0.00323. The van der Waals surface area contributed by atoms with E-state index in [1.165, 1.54) is 0 Å². The van der Waals surface area contributed by atoms with Crippen LogP contribution in [0, 0.1) is 11.3 Å². The van der Waals surface area contributed by atoms with E-state index >= 15 is 0 Å². The monoisotopic (exact) mass is 324 g/mol. The Hall–Kier alpha value is -1.77. The van der Waals surface area contributed by atoms with Crippen molar-refractivity contribution in [2.75, 3.05) is 5.88 Å². The maximum Gasteiger partial charge on any atom is 0.407 e. The summed E-state index contributed by atoms with van der Waals surface area (Å²) in [7, 11) is 0. The fraction of sp³-hybridized carbons (Fsp3) is 0.500. The zero-order valence-electron chi connectivity index (χ0n) is 13.0. The largest absolute Gasteiger partial charge is 0.444 e. The molecule has 0 heterocycles. The van der Waals surface area contributed by atoms with Gasteiger partial charge in [-0.3, -0.25) is 0 Å². The van der Waals surface area contributed by atoms with Crippen molar-refractivity contribution in [1.29, 1.82) is 5.26 Å². The van der Waals surface area contributed by atoms with Crippen molar-refractivity contribution in [3.8, 4) is 6.07 Å². The molecule has 0 spiro atoms. The van der Waals surface area contributed by atoms with Gasteiger partial charge in [-0.05, 0) is 44.9 Å². The van der Waals surface area contributed by atoms with Gasteiger partial charge in [0.05, 0.1) is 29.7 Å². The van der Waals surface area contributed by atoms with Crippen molar-refractivity contribution in [3.05, 3.63) is 35.4 Å². The van der Waals surface area contributed by atoms with Crippen LogP contribution in [0.2, 0.25) is 0 Å². The fourth-order valence-corrected chi connectivity index (χ4v) is 2.03. The second-order valence-corrected chi connectivity index (χ2v) is 6.30. The third-order valence-electron chi connectivity index (χ3n) is 2.86. The first-order valence-electron chi connectivity index (χ1n) is 6.97. The predicted octanol–water partition coefficient (Wildman–Crippen LogP) is 2.59. The van der Waals surface area contributed by atoms with E-state index in [1.807, 2.05) is 6.07 Å². The number of rotatable bonds is 5. The minimum Gasteiger partial charge on any atom is -0.444 e. The SMILES string of the molecule is CC(C)(C)OC(=O)N[C@@H](Cc1ccc(C#N)cc1)[C@H](O)CCl. The number of nitrogens with one attached hydrogen (secondary N) is 1. The smallest absolute Gasteiger partial charge is 0.407 e. The van der Waals surface area contributed by atoms with Crippen molar-refractivity contribution in [1.82, 2.24) is 5.32 Å². The van der Waals surface area contributed by atoms with Crippen molar-refractivity contribution in [3.63, 3.8) is 0 Å². The number of carbonyl (C=O) groups is 1. The minimum atomic E-state index is -0.898. The maximum absolute atomic E-state index is 11.8. The first kappa shape index (κ1) is 18.3. The van der Waals surface area contributed by atoms with Gasteiger partial charge < -0.3 is 15.2 Å². The van der Waals surface area contributed by atoms with Crippen molar-refractivity contribution in [2.45, 2.75) is 44.9 Å². The number of nitriles is 1. The number of aliphatic hydroxyl groups excluding tert-OH is 1. The number of ether oxygens (including phenoxy) is 1. The number of aliphatic hydroxyl groups is 1. The molecule has 2 atom stereocenters. The topological polar surface area (TPSA) is 82.3 Å². The van der Waals surface area contributed by atoms with E-state index in [-0.39, 0.29) is 5.88 Å².